The second-order valence-electron chi connectivity index (χ2n) is 3.84. The summed E-state index contributed by atoms with van der Waals surface area (Å²) in [6.07, 6.45) is 0. The molecule has 0 aliphatic carbocycles. The first kappa shape index (κ1) is 11.4. The first-order chi connectivity index (χ1) is 8.68. The molecule has 3 nitrogen and oxygen atoms in total. The Hall–Kier alpha value is -1.72. The van der Waals surface area contributed by atoms with Crippen LogP contribution in [0.4, 0.5) is 0 Å². The number of benzene rings is 2. The van der Waals surface area contributed by atoms with Gasteiger partial charge in [0.15, 0.2) is 16.1 Å². The summed E-state index contributed by atoms with van der Waals surface area (Å²) in [5.41, 5.74) is -0.113. The van der Waals surface area contributed by atoms with Gasteiger partial charge in [0.2, 0.25) is 0 Å². The van der Waals surface area contributed by atoms with Crippen LogP contribution in [0, 0.1) is 0 Å². The molecule has 3 rings (SSSR count). The van der Waals surface area contributed by atoms with Gasteiger partial charge in [0, 0.05) is 15.5 Å². The van der Waals surface area contributed by atoms with Crippen LogP contribution in [0.1, 0.15) is 0 Å². The third-order valence-electron chi connectivity index (χ3n) is 2.78. The van der Waals surface area contributed by atoms with Gasteiger partial charge in [-0.3, -0.25) is 4.79 Å². The lowest BCUT2D eigenvalue weighted by molar-refractivity contribution is 0.615. The van der Waals surface area contributed by atoms with E-state index in [0.717, 1.165) is 4.70 Å². The zero-order valence-corrected chi connectivity index (χ0v) is 10.8. The van der Waals surface area contributed by atoms with Crippen molar-refractivity contribution in [3.8, 4) is 0 Å². The van der Waals surface area contributed by atoms with Crippen LogP contribution < -0.4 is 5.43 Å². The van der Waals surface area contributed by atoms with E-state index >= 15 is 0 Å². The van der Waals surface area contributed by atoms with E-state index in [1.54, 1.807) is 24.3 Å². The molecule has 1 aromatic heterocycles. The highest BCUT2D eigenvalue weighted by Gasteiger charge is 2.09. The molecule has 90 valence electrons. The van der Waals surface area contributed by atoms with Gasteiger partial charge in [-0.1, -0.05) is 18.2 Å². The maximum Gasteiger partial charge on any atom is 0.195 e. The van der Waals surface area contributed by atoms with Crippen LogP contribution >= 0.6 is 11.3 Å². The maximum atomic E-state index is 12.3. The second-order valence-corrected chi connectivity index (χ2v) is 5.89. The molecule has 0 unspecified atom stereocenters. The smallest absolute Gasteiger partial charge is 0.195 e. The summed E-state index contributed by atoms with van der Waals surface area (Å²) in [6, 6.07) is 12.0. The average molecular weight is 276 g/mol. The van der Waals surface area contributed by atoms with Crippen LogP contribution in [0.25, 0.3) is 20.2 Å². The summed E-state index contributed by atoms with van der Waals surface area (Å²) in [5, 5.41) is 1.10. The third-order valence-corrected chi connectivity index (χ3v) is 4.92. The van der Waals surface area contributed by atoms with Crippen molar-refractivity contribution in [1.82, 2.24) is 0 Å². The molecule has 2 aromatic carbocycles. The van der Waals surface area contributed by atoms with E-state index in [9.17, 15) is 13.2 Å². The van der Waals surface area contributed by atoms with Gasteiger partial charge in [0.25, 0.3) is 0 Å². The van der Waals surface area contributed by atoms with E-state index in [2.05, 4.69) is 0 Å². The molecule has 0 fully saturated rings. The average Bonchev–Trinajstić information content (AvgIpc) is 2.38. The highest BCUT2D eigenvalue weighted by atomic mass is 32.2. The second kappa shape index (κ2) is 4.19. The summed E-state index contributed by atoms with van der Waals surface area (Å²) in [6.45, 7) is 0. The monoisotopic (exact) mass is 276 g/mol. The van der Waals surface area contributed by atoms with Gasteiger partial charge in [0.1, 0.15) is 0 Å². The van der Waals surface area contributed by atoms with Crippen LogP contribution in [-0.2, 0) is 10.7 Å². The van der Waals surface area contributed by atoms with Crippen LogP contribution in [0.15, 0.2) is 52.2 Å². The fourth-order valence-corrected chi connectivity index (χ4v) is 3.89. The van der Waals surface area contributed by atoms with Crippen LogP contribution in [0.3, 0.4) is 0 Å². The lowest BCUT2D eigenvalue weighted by atomic mass is 10.2. The Morgan fingerprint density at radius 3 is 2.39 bits per heavy atom. The fourth-order valence-electron chi connectivity index (χ4n) is 1.95. The van der Waals surface area contributed by atoms with Crippen molar-refractivity contribution in [2.45, 2.75) is 4.90 Å². The molecule has 0 spiro atoms. The Morgan fingerprint density at radius 2 is 1.61 bits per heavy atom. The van der Waals surface area contributed by atoms with Crippen molar-refractivity contribution >= 4 is 42.2 Å². The van der Waals surface area contributed by atoms with E-state index in [1.807, 2.05) is 12.1 Å². The molecule has 5 heteroatoms. The first-order valence-electron chi connectivity index (χ1n) is 5.27. The summed E-state index contributed by atoms with van der Waals surface area (Å²) in [5.74, 6) is 0. The van der Waals surface area contributed by atoms with Gasteiger partial charge in [-0.25, -0.2) is 8.42 Å². The van der Waals surface area contributed by atoms with Gasteiger partial charge in [0.05, 0.1) is 9.60 Å². The van der Waals surface area contributed by atoms with Gasteiger partial charge in [-0.2, -0.15) is 0 Å². The topological polar surface area (TPSA) is 51.2 Å². The fraction of sp³-hybridized carbons (Fsp3) is 0. The van der Waals surface area contributed by atoms with Gasteiger partial charge < -0.3 is 0 Å². The van der Waals surface area contributed by atoms with Gasteiger partial charge >= 0.3 is 0 Å². The van der Waals surface area contributed by atoms with Crippen molar-refractivity contribution in [3.05, 3.63) is 52.7 Å². The molecular weight excluding hydrogens is 268 g/mol. The maximum absolute atomic E-state index is 12.3. The van der Waals surface area contributed by atoms with Gasteiger partial charge in [-0.15, -0.1) is 11.3 Å². The molecule has 0 atom stereocenters. The highest BCUT2D eigenvalue weighted by molar-refractivity contribution is 7.73. The van der Waals surface area contributed by atoms with E-state index in [0.29, 0.717) is 15.5 Å². The SMILES string of the molecule is O=c1c2ccccc2sc2c([SH](=O)=O)cccc12. The Bertz CT molecular complexity index is 884. The molecule has 0 aliphatic rings. The number of fused-ring (bicyclic) bond motifs is 2. The quantitative estimate of drug-likeness (QED) is 0.548. The van der Waals surface area contributed by atoms with Gasteiger partial charge in [-0.05, 0) is 24.3 Å². The molecule has 0 bridgehead atoms. The highest BCUT2D eigenvalue weighted by Crippen LogP contribution is 2.27. The minimum absolute atomic E-state index is 0.113. The Labute approximate surface area is 108 Å². The summed E-state index contributed by atoms with van der Waals surface area (Å²) < 4.78 is 23.8. The molecule has 1 heterocycles. The van der Waals surface area contributed by atoms with E-state index < -0.39 is 10.7 Å². The lowest BCUT2D eigenvalue weighted by Crippen LogP contribution is -2.01. The molecular formula is C13H8O3S2. The molecule has 0 N–H and O–H groups in total. The van der Waals surface area contributed by atoms with Crippen LogP contribution in [0.5, 0.6) is 0 Å². The zero-order valence-electron chi connectivity index (χ0n) is 9.12. The van der Waals surface area contributed by atoms with Crippen molar-refractivity contribution in [1.29, 1.82) is 0 Å². The molecule has 0 saturated carbocycles. The van der Waals surface area contributed by atoms with E-state index in [4.69, 9.17) is 0 Å². The summed E-state index contributed by atoms with van der Waals surface area (Å²) in [4.78, 5) is 12.5. The zero-order chi connectivity index (χ0) is 12.7. The Morgan fingerprint density at radius 1 is 0.889 bits per heavy atom. The number of thiol groups is 1. The Balaban J connectivity index is 2.64. The van der Waals surface area contributed by atoms with Crippen LogP contribution in [0.2, 0.25) is 0 Å². The van der Waals surface area contributed by atoms with Crippen molar-refractivity contribution in [2.75, 3.05) is 0 Å². The third kappa shape index (κ3) is 1.63. The molecule has 3 aromatic rings. The largest absolute Gasteiger partial charge is 0.289 e. The number of rotatable bonds is 1. The predicted octanol–water partition coefficient (Wildman–Crippen LogP) is 2.39. The van der Waals surface area contributed by atoms with Crippen LogP contribution in [-0.4, -0.2) is 8.42 Å². The molecule has 18 heavy (non-hydrogen) atoms. The van der Waals surface area contributed by atoms with Crippen molar-refractivity contribution < 1.29 is 8.42 Å². The first-order valence-corrected chi connectivity index (χ1v) is 7.27. The van der Waals surface area contributed by atoms with Crippen molar-refractivity contribution in [2.24, 2.45) is 0 Å². The number of hydrogen-bond acceptors (Lipinski definition) is 4. The lowest BCUT2D eigenvalue weighted by Gasteiger charge is -2.02. The van der Waals surface area contributed by atoms with Crippen molar-refractivity contribution in [3.63, 3.8) is 0 Å². The van der Waals surface area contributed by atoms with E-state index in [1.165, 1.54) is 17.4 Å². The standard InChI is InChI=1S/C13H8O3S2/c14-12-8-4-1-2-6-10(8)17-13-9(12)5-3-7-11(13)18(15)16/h1-7,18H. The minimum Gasteiger partial charge on any atom is -0.289 e. The Kier molecular flexibility index (Phi) is 2.65. The summed E-state index contributed by atoms with van der Waals surface area (Å²) in [7, 11) is -2.69. The molecule has 0 radical (unpaired) electrons. The molecule has 0 aliphatic heterocycles. The van der Waals surface area contributed by atoms with E-state index in [-0.39, 0.29) is 10.3 Å². The molecule has 0 saturated heterocycles. The predicted molar refractivity (Wildman–Crippen MR) is 74.2 cm³/mol. The number of hydrogen-bond donors (Lipinski definition) is 1. The minimum atomic E-state index is -2.69. The normalized spacial score (nSPS) is 11.4. The summed E-state index contributed by atoms with van der Waals surface area (Å²) >= 11 is 1.34. The molecule has 0 amide bonds.